The van der Waals surface area contributed by atoms with Crippen molar-refractivity contribution in [1.29, 1.82) is 0 Å². The molecule has 24 heavy (non-hydrogen) atoms. The van der Waals surface area contributed by atoms with Crippen LogP contribution in [0.2, 0.25) is 0 Å². The zero-order chi connectivity index (χ0) is 17.5. The zero-order valence-corrected chi connectivity index (χ0v) is 13.3. The van der Waals surface area contributed by atoms with E-state index in [0.717, 1.165) is 0 Å². The fourth-order valence-electron chi connectivity index (χ4n) is 2.05. The number of nitrogens with zero attached hydrogens (tertiary/aromatic N) is 3. The van der Waals surface area contributed by atoms with E-state index in [9.17, 15) is 14.9 Å². The number of carbonyl (C=O) groups is 1. The van der Waals surface area contributed by atoms with Crippen LogP contribution < -0.4 is 10.6 Å². The second-order valence-electron chi connectivity index (χ2n) is 4.60. The Labute approximate surface area is 138 Å². The number of ether oxygens (including phenoxy) is 1. The van der Waals surface area contributed by atoms with Crippen molar-refractivity contribution in [2.45, 2.75) is 13.8 Å². The van der Waals surface area contributed by atoms with Gasteiger partial charge in [0.2, 0.25) is 11.6 Å². The van der Waals surface area contributed by atoms with Crippen LogP contribution in [-0.4, -0.2) is 34.0 Å². The van der Waals surface area contributed by atoms with Gasteiger partial charge in [0.05, 0.1) is 22.8 Å². The average Bonchev–Trinajstić information content (AvgIpc) is 2.56. The van der Waals surface area contributed by atoms with Crippen LogP contribution >= 0.6 is 0 Å². The number of aromatic nitrogens is 2. The monoisotopic (exact) mass is 331 g/mol. The summed E-state index contributed by atoms with van der Waals surface area (Å²) in [5.74, 6) is -0.430. The molecule has 0 atom stereocenters. The molecule has 0 saturated heterocycles. The SMILES string of the molecule is CCNc1ncnc(Nc2ccccc2C(=O)OCC)c1[N+](=O)[O-]. The average molecular weight is 331 g/mol. The van der Waals surface area contributed by atoms with E-state index in [4.69, 9.17) is 4.74 Å². The molecular weight excluding hydrogens is 314 g/mol. The first-order chi connectivity index (χ1) is 11.6. The third-order valence-electron chi connectivity index (χ3n) is 3.02. The molecule has 0 amide bonds. The summed E-state index contributed by atoms with van der Waals surface area (Å²) < 4.78 is 4.99. The largest absolute Gasteiger partial charge is 0.462 e. The summed E-state index contributed by atoms with van der Waals surface area (Å²) in [5, 5.41) is 17.0. The van der Waals surface area contributed by atoms with E-state index >= 15 is 0 Å². The van der Waals surface area contributed by atoms with Gasteiger partial charge in [0.1, 0.15) is 6.33 Å². The van der Waals surface area contributed by atoms with E-state index < -0.39 is 10.9 Å². The topological polar surface area (TPSA) is 119 Å². The number of hydrogen-bond acceptors (Lipinski definition) is 8. The molecule has 0 aliphatic heterocycles. The molecule has 9 heteroatoms. The standard InChI is InChI=1S/C15H17N5O4/c1-3-16-13-12(20(22)23)14(18-9-17-13)19-11-8-6-5-7-10(11)15(21)24-4-2/h5-9H,3-4H2,1-2H3,(H2,16,17,18,19). The van der Waals surface area contributed by atoms with Gasteiger partial charge in [-0.1, -0.05) is 12.1 Å². The minimum Gasteiger partial charge on any atom is -0.462 e. The number of hydrogen-bond donors (Lipinski definition) is 2. The zero-order valence-electron chi connectivity index (χ0n) is 13.3. The number of esters is 1. The molecule has 0 saturated carbocycles. The van der Waals surface area contributed by atoms with Gasteiger partial charge in [-0.05, 0) is 26.0 Å². The highest BCUT2D eigenvalue weighted by Gasteiger charge is 2.24. The van der Waals surface area contributed by atoms with Crippen LogP contribution in [0.4, 0.5) is 23.0 Å². The molecule has 0 unspecified atom stereocenters. The van der Waals surface area contributed by atoms with E-state index in [-0.39, 0.29) is 29.5 Å². The summed E-state index contributed by atoms with van der Waals surface area (Å²) in [4.78, 5) is 30.6. The molecule has 2 rings (SSSR count). The Morgan fingerprint density at radius 3 is 2.62 bits per heavy atom. The molecule has 0 aliphatic carbocycles. The highest BCUT2D eigenvalue weighted by molar-refractivity contribution is 5.96. The van der Waals surface area contributed by atoms with Gasteiger partial charge in [-0.15, -0.1) is 0 Å². The highest BCUT2D eigenvalue weighted by Crippen LogP contribution is 2.32. The Morgan fingerprint density at radius 2 is 1.96 bits per heavy atom. The molecule has 0 radical (unpaired) electrons. The van der Waals surface area contributed by atoms with Crippen LogP contribution in [0.1, 0.15) is 24.2 Å². The Balaban J connectivity index is 2.44. The predicted octanol–water partition coefficient (Wildman–Crippen LogP) is 2.74. The molecule has 1 aromatic carbocycles. The number of nitrogens with one attached hydrogen (secondary N) is 2. The van der Waals surface area contributed by atoms with Crippen molar-refractivity contribution < 1.29 is 14.5 Å². The number of anilines is 3. The number of nitro groups is 1. The molecule has 0 aliphatic rings. The molecule has 126 valence electrons. The van der Waals surface area contributed by atoms with Gasteiger partial charge in [-0.3, -0.25) is 10.1 Å². The lowest BCUT2D eigenvalue weighted by molar-refractivity contribution is -0.383. The minimum absolute atomic E-state index is 0.0114. The summed E-state index contributed by atoms with van der Waals surface area (Å²) >= 11 is 0. The Morgan fingerprint density at radius 1 is 1.25 bits per heavy atom. The summed E-state index contributed by atoms with van der Waals surface area (Å²) in [7, 11) is 0. The molecule has 0 bridgehead atoms. The first kappa shape index (κ1) is 17.1. The van der Waals surface area contributed by atoms with E-state index in [1.165, 1.54) is 6.33 Å². The Kier molecular flexibility index (Phi) is 5.61. The van der Waals surface area contributed by atoms with Crippen molar-refractivity contribution in [2.24, 2.45) is 0 Å². The van der Waals surface area contributed by atoms with Crippen molar-refractivity contribution in [1.82, 2.24) is 9.97 Å². The maximum Gasteiger partial charge on any atom is 0.353 e. The van der Waals surface area contributed by atoms with Crippen molar-refractivity contribution in [2.75, 3.05) is 23.8 Å². The fourth-order valence-corrected chi connectivity index (χ4v) is 2.05. The molecule has 1 aromatic heterocycles. The normalized spacial score (nSPS) is 10.1. The van der Waals surface area contributed by atoms with Crippen molar-refractivity contribution in [3.8, 4) is 0 Å². The van der Waals surface area contributed by atoms with Gasteiger partial charge in [-0.2, -0.15) is 0 Å². The first-order valence-corrected chi connectivity index (χ1v) is 7.34. The minimum atomic E-state index is -0.576. The van der Waals surface area contributed by atoms with Crippen LogP contribution in [-0.2, 0) is 4.74 Å². The number of rotatable bonds is 7. The van der Waals surface area contributed by atoms with Gasteiger partial charge in [-0.25, -0.2) is 14.8 Å². The fraction of sp³-hybridized carbons (Fsp3) is 0.267. The van der Waals surface area contributed by atoms with Crippen LogP contribution in [0.25, 0.3) is 0 Å². The third kappa shape index (κ3) is 3.75. The molecule has 2 aromatic rings. The van der Waals surface area contributed by atoms with Gasteiger partial charge in [0, 0.05) is 6.54 Å². The molecule has 0 spiro atoms. The summed E-state index contributed by atoms with van der Waals surface area (Å²) in [6.45, 7) is 4.20. The Bertz CT molecular complexity index is 750. The van der Waals surface area contributed by atoms with Crippen molar-refractivity contribution in [3.63, 3.8) is 0 Å². The summed E-state index contributed by atoms with van der Waals surface area (Å²) in [6.07, 6.45) is 1.21. The maximum atomic E-state index is 12.0. The third-order valence-corrected chi connectivity index (χ3v) is 3.02. The van der Waals surface area contributed by atoms with Crippen LogP contribution in [0.3, 0.4) is 0 Å². The summed E-state index contributed by atoms with van der Waals surface area (Å²) in [5.41, 5.74) is 0.329. The lowest BCUT2D eigenvalue weighted by atomic mass is 10.2. The molecule has 9 nitrogen and oxygen atoms in total. The van der Waals surface area contributed by atoms with Crippen molar-refractivity contribution >= 4 is 29.0 Å². The van der Waals surface area contributed by atoms with Gasteiger partial charge in [0.15, 0.2) is 0 Å². The smallest absolute Gasteiger partial charge is 0.353 e. The van der Waals surface area contributed by atoms with Gasteiger partial charge in [0.25, 0.3) is 0 Å². The summed E-state index contributed by atoms with van der Waals surface area (Å²) in [6, 6.07) is 6.56. The van der Waals surface area contributed by atoms with E-state index in [1.807, 2.05) is 0 Å². The molecular formula is C15H17N5O4. The predicted molar refractivity (Wildman–Crippen MR) is 88.5 cm³/mol. The maximum absolute atomic E-state index is 12.0. The number of benzene rings is 1. The van der Waals surface area contributed by atoms with Crippen LogP contribution in [0.15, 0.2) is 30.6 Å². The molecule has 0 fully saturated rings. The van der Waals surface area contributed by atoms with Crippen LogP contribution in [0.5, 0.6) is 0 Å². The second-order valence-corrected chi connectivity index (χ2v) is 4.60. The van der Waals surface area contributed by atoms with E-state index in [0.29, 0.717) is 12.2 Å². The Hall–Kier alpha value is -3.23. The van der Waals surface area contributed by atoms with Crippen molar-refractivity contribution in [3.05, 3.63) is 46.3 Å². The highest BCUT2D eigenvalue weighted by atomic mass is 16.6. The number of carbonyl (C=O) groups excluding carboxylic acids is 1. The lowest BCUT2D eigenvalue weighted by Crippen LogP contribution is -2.10. The van der Waals surface area contributed by atoms with Gasteiger partial charge >= 0.3 is 11.7 Å². The lowest BCUT2D eigenvalue weighted by Gasteiger charge is -2.12. The first-order valence-electron chi connectivity index (χ1n) is 7.34. The molecule has 1 heterocycles. The van der Waals surface area contributed by atoms with Crippen LogP contribution in [0, 0.1) is 10.1 Å². The van der Waals surface area contributed by atoms with Gasteiger partial charge < -0.3 is 15.4 Å². The second kappa shape index (κ2) is 7.86. The van der Waals surface area contributed by atoms with E-state index in [1.54, 1.807) is 38.1 Å². The molecule has 2 N–H and O–H groups in total. The van der Waals surface area contributed by atoms with E-state index in [2.05, 4.69) is 20.6 Å². The number of para-hydroxylation sites is 1. The quantitative estimate of drug-likeness (QED) is 0.451.